The van der Waals surface area contributed by atoms with E-state index in [-0.39, 0.29) is 18.2 Å². The van der Waals surface area contributed by atoms with Crippen LogP contribution in [0.15, 0.2) is 18.2 Å². The highest BCUT2D eigenvalue weighted by atomic mass is 32.2. The zero-order valence-electron chi connectivity index (χ0n) is 17.4. The molecule has 1 N–H and O–H groups in total. The Labute approximate surface area is 173 Å². The number of nitrogens with one attached hydrogen (secondary N) is 1. The summed E-state index contributed by atoms with van der Waals surface area (Å²) in [6.07, 6.45) is 4.47. The molecule has 0 aliphatic carbocycles. The lowest BCUT2D eigenvalue weighted by atomic mass is 10.1. The van der Waals surface area contributed by atoms with Crippen molar-refractivity contribution in [2.75, 3.05) is 44.9 Å². The second-order valence-corrected chi connectivity index (χ2v) is 9.80. The largest absolute Gasteiger partial charge is 0.495 e. The minimum absolute atomic E-state index is 0.0925. The Morgan fingerprint density at radius 1 is 1.07 bits per heavy atom. The number of aryl methyl sites for hydroxylation is 1. The fourth-order valence-electron chi connectivity index (χ4n) is 3.88. The molecule has 3 rings (SSSR count). The van der Waals surface area contributed by atoms with Gasteiger partial charge in [0.25, 0.3) is 0 Å². The molecule has 1 aromatic rings. The molecule has 2 aliphatic rings. The average molecular weight is 426 g/mol. The smallest absolute Gasteiger partial charge is 0.321 e. The van der Waals surface area contributed by atoms with E-state index >= 15 is 0 Å². The quantitative estimate of drug-likeness (QED) is 0.783. The van der Waals surface area contributed by atoms with Gasteiger partial charge < -0.3 is 19.7 Å². The SMILES string of the molecule is COc1ccc(C)cc1NC(=O)N1CCC(OC2CCN(S(C)(=O)=O)CC2)CC1. The van der Waals surface area contributed by atoms with Crippen LogP contribution in [0.4, 0.5) is 10.5 Å². The summed E-state index contributed by atoms with van der Waals surface area (Å²) in [5.41, 5.74) is 1.73. The van der Waals surface area contributed by atoms with Crippen LogP contribution in [-0.4, -0.2) is 75.4 Å². The summed E-state index contributed by atoms with van der Waals surface area (Å²) in [6.45, 7) is 4.27. The third-order valence-electron chi connectivity index (χ3n) is 5.58. The van der Waals surface area contributed by atoms with Crippen molar-refractivity contribution in [1.82, 2.24) is 9.21 Å². The molecule has 162 valence electrons. The van der Waals surface area contributed by atoms with Gasteiger partial charge in [0, 0.05) is 26.2 Å². The van der Waals surface area contributed by atoms with Crippen LogP contribution < -0.4 is 10.1 Å². The van der Waals surface area contributed by atoms with E-state index in [1.54, 1.807) is 12.0 Å². The summed E-state index contributed by atoms with van der Waals surface area (Å²) in [5.74, 6) is 0.641. The van der Waals surface area contributed by atoms with Crippen LogP contribution in [0.1, 0.15) is 31.2 Å². The molecule has 0 bridgehead atoms. The van der Waals surface area contributed by atoms with Crippen molar-refractivity contribution < 1.29 is 22.7 Å². The highest BCUT2D eigenvalue weighted by Crippen LogP contribution is 2.26. The number of carbonyl (C=O) groups is 1. The van der Waals surface area contributed by atoms with Gasteiger partial charge in [0.15, 0.2) is 0 Å². The molecule has 8 nitrogen and oxygen atoms in total. The number of rotatable bonds is 5. The van der Waals surface area contributed by atoms with Crippen molar-refractivity contribution in [2.45, 2.75) is 44.8 Å². The molecular weight excluding hydrogens is 394 g/mol. The van der Waals surface area contributed by atoms with Gasteiger partial charge in [-0.2, -0.15) is 0 Å². The molecular formula is C20H31N3O5S. The number of hydrogen-bond donors (Lipinski definition) is 1. The molecule has 0 spiro atoms. The van der Waals surface area contributed by atoms with Crippen molar-refractivity contribution in [3.05, 3.63) is 23.8 Å². The van der Waals surface area contributed by atoms with Crippen molar-refractivity contribution in [3.8, 4) is 5.75 Å². The highest BCUT2D eigenvalue weighted by molar-refractivity contribution is 7.88. The molecule has 29 heavy (non-hydrogen) atoms. The monoisotopic (exact) mass is 425 g/mol. The Bertz CT molecular complexity index is 813. The second-order valence-electron chi connectivity index (χ2n) is 7.82. The third-order valence-corrected chi connectivity index (χ3v) is 6.88. The number of ether oxygens (including phenoxy) is 2. The van der Waals surface area contributed by atoms with E-state index in [1.165, 1.54) is 10.6 Å². The summed E-state index contributed by atoms with van der Waals surface area (Å²) in [4.78, 5) is 14.4. The van der Waals surface area contributed by atoms with Gasteiger partial charge in [-0.3, -0.25) is 0 Å². The van der Waals surface area contributed by atoms with Crippen LogP contribution in [0.2, 0.25) is 0 Å². The Kier molecular flexibility index (Phi) is 7.02. The zero-order valence-corrected chi connectivity index (χ0v) is 18.2. The number of hydrogen-bond acceptors (Lipinski definition) is 5. The molecule has 2 fully saturated rings. The lowest BCUT2D eigenvalue weighted by Gasteiger charge is -2.36. The standard InChI is InChI=1S/C20H31N3O5S/c1-15-4-5-19(27-2)18(14-15)21-20(24)22-10-6-16(7-11-22)28-17-8-12-23(13-9-17)29(3,25)26/h4-5,14,16-17H,6-13H2,1-3H3,(H,21,24). The van der Waals surface area contributed by atoms with Gasteiger partial charge in [0.2, 0.25) is 10.0 Å². The molecule has 1 aromatic carbocycles. The number of benzene rings is 1. The number of urea groups is 1. The van der Waals surface area contributed by atoms with E-state index in [0.29, 0.717) is 37.6 Å². The number of nitrogens with zero attached hydrogens (tertiary/aromatic N) is 2. The fourth-order valence-corrected chi connectivity index (χ4v) is 4.75. The topological polar surface area (TPSA) is 88.2 Å². The van der Waals surface area contributed by atoms with Crippen LogP contribution in [0.3, 0.4) is 0 Å². The normalized spacial score (nSPS) is 19.9. The molecule has 0 unspecified atom stereocenters. The van der Waals surface area contributed by atoms with Crippen LogP contribution in [-0.2, 0) is 14.8 Å². The van der Waals surface area contributed by atoms with Gasteiger partial charge in [0.1, 0.15) is 5.75 Å². The second kappa shape index (κ2) is 9.32. The predicted octanol–water partition coefficient (Wildman–Crippen LogP) is 2.44. The molecule has 0 saturated carbocycles. The summed E-state index contributed by atoms with van der Waals surface area (Å²) < 4.78 is 36.2. The molecule has 0 aromatic heterocycles. The number of carbonyl (C=O) groups excluding carboxylic acids is 1. The Hall–Kier alpha value is -1.84. The maximum Gasteiger partial charge on any atom is 0.321 e. The van der Waals surface area contributed by atoms with Crippen LogP contribution in [0, 0.1) is 6.92 Å². The summed E-state index contributed by atoms with van der Waals surface area (Å²) in [6, 6.07) is 5.56. The average Bonchev–Trinajstić information content (AvgIpc) is 2.68. The van der Waals surface area contributed by atoms with E-state index in [9.17, 15) is 13.2 Å². The van der Waals surface area contributed by atoms with E-state index in [0.717, 1.165) is 31.2 Å². The van der Waals surface area contributed by atoms with Crippen molar-refractivity contribution in [2.24, 2.45) is 0 Å². The minimum Gasteiger partial charge on any atom is -0.495 e. The minimum atomic E-state index is -3.12. The Balaban J connectivity index is 1.45. The Morgan fingerprint density at radius 3 is 2.21 bits per heavy atom. The van der Waals surface area contributed by atoms with Crippen molar-refractivity contribution in [1.29, 1.82) is 0 Å². The van der Waals surface area contributed by atoms with Crippen molar-refractivity contribution in [3.63, 3.8) is 0 Å². The molecule has 2 saturated heterocycles. The molecule has 2 amide bonds. The highest BCUT2D eigenvalue weighted by Gasteiger charge is 2.29. The lowest BCUT2D eigenvalue weighted by Crippen LogP contribution is -2.45. The molecule has 0 radical (unpaired) electrons. The van der Waals surface area contributed by atoms with E-state index in [4.69, 9.17) is 9.47 Å². The number of anilines is 1. The maximum atomic E-state index is 12.6. The summed E-state index contributed by atoms with van der Waals surface area (Å²) in [7, 11) is -1.53. The molecule has 9 heteroatoms. The number of sulfonamides is 1. The van der Waals surface area contributed by atoms with Crippen molar-refractivity contribution >= 4 is 21.7 Å². The predicted molar refractivity (Wildman–Crippen MR) is 112 cm³/mol. The van der Waals surface area contributed by atoms with E-state index in [2.05, 4.69) is 5.32 Å². The van der Waals surface area contributed by atoms with Gasteiger partial charge >= 0.3 is 6.03 Å². The van der Waals surface area contributed by atoms with Crippen LogP contribution in [0.5, 0.6) is 5.75 Å². The first-order chi connectivity index (χ1) is 13.8. The third kappa shape index (κ3) is 5.83. The lowest BCUT2D eigenvalue weighted by molar-refractivity contribution is -0.0542. The van der Waals surface area contributed by atoms with Crippen LogP contribution >= 0.6 is 0 Å². The summed E-state index contributed by atoms with van der Waals surface area (Å²) >= 11 is 0. The first-order valence-corrected chi connectivity index (χ1v) is 11.9. The Morgan fingerprint density at radius 2 is 1.66 bits per heavy atom. The fraction of sp³-hybridized carbons (Fsp3) is 0.650. The maximum absolute atomic E-state index is 12.6. The van der Waals surface area contributed by atoms with Gasteiger partial charge in [0.05, 0.1) is 31.3 Å². The number of piperidine rings is 2. The first kappa shape index (κ1) is 21.9. The molecule has 2 aliphatic heterocycles. The van der Waals surface area contributed by atoms with Gasteiger partial charge in [-0.15, -0.1) is 0 Å². The number of likely N-dealkylation sites (tertiary alicyclic amines) is 1. The van der Waals surface area contributed by atoms with E-state index in [1.807, 2.05) is 25.1 Å². The van der Waals surface area contributed by atoms with E-state index < -0.39 is 10.0 Å². The van der Waals surface area contributed by atoms with Gasteiger partial charge in [-0.25, -0.2) is 17.5 Å². The number of amides is 2. The molecule has 2 heterocycles. The van der Waals surface area contributed by atoms with Crippen LogP contribution in [0.25, 0.3) is 0 Å². The zero-order chi connectivity index (χ0) is 21.0. The van der Waals surface area contributed by atoms with Gasteiger partial charge in [-0.05, 0) is 50.3 Å². The number of methoxy groups -OCH3 is 1. The molecule has 0 atom stereocenters. The van der Waals surface area contributed by atoms with Gasteiger partial charge in [-0.1, -0.05) is 6.07 Å². The summed E-state index contributed by atoms with van der Waals surface area (Å²) in [5, 5.41) is 2.95. The first-order valence-electron chi connectivity index (χ1n) is 10.1.